The van der Waals surface area contributed by atoms with Gasteiger partial charge in [0.15, 0.2) is 17.1 Å². The number of nitrogens with one attached hydrogen (secondary N) is 4. The number of benzene rings is 3. The first-order chi connectivity index (χ1) is 42.9. The second kappa shape index (κ2) is 32.6. The summed E-state index contributed by atoms with van der Waals surface area (Å²) in [6.07, 6.45) is 15.2. The number of rotatable bonds is 23. The molecule has 3 amide bonds. The third-order valence-corrected chi connectivity index (χ3v) is 15.9. The van der Waals surface area contributed by atoms with Crippen molar-refractivity contribution in [1.29, 1.82) is 0 Å². The summed E-state index contributed by atoms with van der Waals surface area (Å²) in [6, 6.07) is 24.5. The number of hydrogen-bond acceptors (Lipinski definition) is 23. The van der Waals surface area contributed by atoms with E-state index < -0.39 is 11.8 Å². The molecule has 6 aromatic heterocycles. The minimum absolute atomic E-state index is 0.0471. The molecule has 10 N–H and O–H groups in total. The van der Waals surface area contributed by atoms with E-state index >= 15 is 0 Å². The molecule has 0 radical (unpaired) electrons. The van der Waals surface area contributed by atoms with Gasteiger partial charge in [0.25, 0.3) is 35.8 Å². The van der Waals surface area contributed by atoms with Gasteiger partial charge >= 0.3 is 0 Å². The molecular formula is C61H70Cl2N16O8S2. The fourth-order valence-corrected chi connectivity index (χ4v) is 10.6. The van der Waals surface area contributed by atoms with Gasteiger partial charge in [-0.15, -0.1) is 23.1 Å². The number of thioether (sulfide) groups is 1. The molecule has 1 unspecified atom stereocenters. The quantitative estimate of drug-likeness (QED) is 0.0231. The average molecular weight is 1290 g/mol. The van der Waals surface area contributed by atoms with Crippen LogP contribution in [-0.2, 0) is 6.54 Å². The number of hydrogen-bond donors (Lipinski definition) is 7. The Hall–Kier alpha value is -8.60. The number of ether oxygens (including phenoxy) is 2. The zero-order valence-corrected chi connectivity index (χ0v) is 53.1. The summed E-state index contributed by atoms with van der Waals surface area (Å²) in [5, 5.41) is 13.6. The minimum atomic E-state index is -0.473. The summed E-state index contributed by atoms with van der Waals surface area (Å²) in [4.78, 5) is 70.5. The zero-order chi connectivity index (χ0) is 63.4. The lowest BCUT2D eigenvalue weighted by atomic mass is 10.1. The van der Waals surface area contributed by atoms with Gasteiger partial charge in [0.1, 0.15) is 29.5 Å². The molecule has 10 rings (SSSR count). The molecule has 0 bridgehead atoms. The van der Waals surface area contributed by atoms with E-state index in [-0.39, 0.29) is 41.0 Å². The second-order valence-corrected chi connectivity index (χ2v) is 23.4. The van der Waals surface area contributed by atoms with Crippen LogP contribution >= 0.6 is 46.3 Å². The highest BCUT2D eigenvalue weighted by molar-refractivity contribution is 7.98. The summed E-state index contributed by atoms with van der Waals surface area (Å²) in [7, 11) is 10.1. The van der Waals surface area contributed by atoms with Crippen molar-refractivity contribution in [3.05, 3.63) is 148 Å². The lowest BCUT2D eigenvalue weighted by Crippen LogP contribution is -2.43. The number of anilines is 6. The Morgan fingerprint density at radius 3 is 1.74 bits per heavy atom. The van der Waals surface area contributed by atoms with Crippen molar-refractivity contribution in [1.82, 2.24) is 49.9 Å². The predicted molar refractivity (Wildman–Crippen MR) is 350 cm³/mol. The maximum Gasteiger partial charge on any atom is 0.292 e. The lowest BCUT2D eigenvalue weighted by molar-refractivity contribution is 0.101. The normalized spacial score (nSPS) is 13.0. The number of thiazole rings is 1. The van der Waals surface area contributed by atoms with E-state index in [1.165, 1.54) is 43.4 Å². The van der Waals surface area contributed by atoms with Crippen LogP contribution in [0.3, 0.4) is 0 Å². The first kappa shape index (κ1) is 66.4. The van der Waals surface area contributed by atoms with E-state index in [1.807, 2.05) is 108 Å². The predicted octanol–water partition coefficient (Wildman–Crippen LogP) is 10.6. The minimum Gasteiger partial charge on any atom is -0.492 e. The topological polar surface area (TPSA) is 322 Å². The molecule has 1 aliphatic heterocycles. The average Bonchev–Trinajstić information content (AvgIpc) is 3.03. The van der Waals surface area contributed by atoms with E-state index in [2.05, 4.69) is 65.9 Å². The second-order valence-electron chi connectivity index (χ2n) is 20.6. The number of aromatic nitrogens is 6. The van der Waals surface area contributed by atoms with Crippen molar-refractivity contribution >= 4 is 99.1 Å². The van der Waals surface area contributed by atoms with Gasteiger partial charge < -0.3 is 71.0 Å². The standard InChI is InChI=1S/C21H25N5O3S.C20H23ClN6O2S.C20H22ClN5O3/c1-26(2)9-4-10-28-19-8-6-15(12-23-19)14-5-7-18(30-3)16(11-14)24-20(27)17-13-29-21(22)25-17;1-23-13-3-2-6-27(9-13)10-18-24-8-17(30-18)12-4-5-14(21)15(7-12)25-19(28)16-11-29-20(22)26-16;1-26(2)8-3-9-28-14-5-7-16(23-11-14)13-4-6-15(21)17(10-13)24-19(27)18-12-29-20(22)25-18/h5-8,11-13H,4,9-10H2,1-3H3,(H2,22,25)(H,24,27);4-5,7-8,11,13,23H,2-3,6,9-10H2,1H3,(H2,22,26)(H,25,28);4-7,10-12H,3,8-9H2,1-2H3,(H2,22,25)(H,24,27). The number of nitrogens with zero attached hydrogens (tertiary/aromatic N) is 9. The van der Waals surface area contributed by atoms with E-state index in [4.69, 9.17) is 63.1 Å². The van der Waals surface area contributed by atoms with Gasteiger partial charge in [-0.25, -0.2) is 9.97 Å². The molecule has 1 aliphatic rings. The van der Waals surface area contributed by atoms with Gasteiger partial charge in [0, 0.05) is 60.2 Å². The zero-order valence-electron chi connectivity index (χ0n) is 49.9. The molecule has 9 aromatic rings. The fourth-order valence-electron chi connectivity index (χ4n) is 8.82. The SMILES string of the molecule is CN(C)CCCOc1ccc(-c2ccc(Cl)c(NC(=O)c3coc(N)n3)c2)nc1.CNC1CCCN(Cc2ncc(-c3ccc(Cl)c(NC(=O)c4coc(N)n4)c3)s2)C1.CSc1ccc(-c2ccc(OCCCN(C)C)nc2)cc1NC(=O)c1coc(N)n1. The van der Waals surface area contributed by atoms with E-state index in [0.29, 0.717) is 58.0 Å². The number of amides is 3. The van der Waals surface area contributed by atoms with Crippen molar-refractivity contribution in [2.45, 2.75) is 43.2 Å². The monoisotopic (exact) mass is 1290 g/mol. The van der Waals surface area contributed by atoms with E-state index in [0.717, 1.165) is 88.3 Å². The number of pyridine rings is 2. The van der Waals surface area contributed by atoms with Crippen LogP contribution in [0.15, 0.2) is 134 Å². The van der Waals surface area contributed by atoms with E-state index in [1.54, 1.807) is 41.9 Å². The molecule has 7 heterocycles. The number of nitrogen functional groups attached to an aromatic ring is 3. The van der Waals surface area contributed by atoms with Crippen molar-refractivity contribution in [3.63, 3.8) is 0 Å². The Kier molecular flexibility index (Phi) is 24.3. The first-order valence-corrected chi connectivity index (χ1v) is 30.9. The molecule has 468 valence electrons. The maximum atomic E-state index is 12.4. The Balaban J connectivity index is 0.000000173. The molecule has 89 heavy (non-hydrogen) atoms. The Morgan fingerprint density at radius 2 is 1.21 bits per heavy atom. The molecule has 1 fully saturated rings. The summed E-state index contributed by atoms with van der Waals surface area (Å²) in [5.74, 6) is -0.000822. The number of oxazole rings is 3. The van der Waals surface area contributed by atoms with Gasteiger partial charge in [-0.3, -0.25) is 24.3 Å². The highest BCUT2D eigenvalue weighted by Crippen LogP contribution is 2.35. The van der Waals surface area contributed by atoms with Crippen LogP contribution in [0, 0.1) is 0 Å². The maximum absolute atomic E-state index is 12.4. The molecule has 0 saturated carbocycles. The molecule has 1 atom stereocenters. The van der Waals surface area contributed by atoms with Gasteiger partial charge in [-0.1, -0.05) is 41.4 Å². The van der Waals surface area contributed by atoms with Crippen LogP contribution in [0.2, 0.25) is 10.0 Å². The first-order valence-electron chi connectivity index (χ1n) is 28.1. The van der Waals surface area contributed by atoms with Gasteiger partial charge in [0.2, 0.25) is 5.88 Å². The molecule has 28 heteroatoms. The van der Waals surface area contributed by atoms with Gasteiger partial charge in [-0.05, 0) is 139 Å². The Bertz CT molecular complexity index is 3770. The van der Waals surface area contributed by atoms with Gasteiger partial charge in [-0.2, -0.15) is 15.0 Å². The van der Waals surface area contributed by atoms with Gasteiger partial charge in [0.05, 0.1) is 63.6 Å². The lowest BCUT2D eigenvalue weighted by Gasteiger charge is -2.31. The smallest absolute Gasteiger partial charge is 0.292 e. The summed E-state index contributed by atoms with van der Waals surface area (Å²) in [6.45, 7) is 6.15. The number of likely N-dealkylation sites (tertiary alicyclic amines) is 1. The largest absolute Gasteiger partial charge is 0.492 e. The van der Waals surface area contributed by atoms with E-state index in [9.17, 15) is 14.4 Å². The third-order valence-electron chi connectivity index (χ3n) is 13.4. The van der Waals surface area contributed by atoms with Crippen LogP contribution in [0.25, 0.3) is 32.8 Å². The number of piperidine rings is 1. The van der Waals surface area contributed by atoms with Crippen LogP contribution in [0.4, 0.5) is 35.1 Å². The summed E-state index contributed by atoms with van der Waals surface area (Å²) in [5.41, 5.74) is 22.5. The third kappa shape index (κ3) is 20.0. The number of carbonyl (C=O) groups is 3. The highest BCUT2D eigenvalue weighted by Gasteiger charge is 2.21. The summed E-state index contributed by atoms with van der Waals surface area (Å²) >= 11 is 15.7. The van der Waals surface area contributed by atoms with Crippen LogP contribution < -0.4 is 47.9 Å². The van der Waals surface area contributed by atoms with Crippen molar-refractivity contribution in [2.24, 2.45) is 0 Å². The fraction of sp³-hybridized carbons (Fsp3) is 0.295. The Labute approximate surface area is 533 Å². The van der Waals surface area contributed by atoms with Crippen LogP contribution in [-0.4, -0.2) is 149 Å². The molecule has 0 aliphatic carbocycles. The number of likely N-dealkylation sites (N-methyl/N-ethyl adjacent to an activating group) is 1. The molecule has 0 spiro atoms. The van der Waals surface area contributed by atoms with Crippen molar-refractivity contribution < 1.29 is 37.1 Å². The molecule has 3 aromatic carbocycles. The van der Waals surface area contributed by atoms with Crippen LogP contribution in [0.1, 0.15) is 62.2 Å². The van der Waals surface area contributed by atoms with Crippen molar-refractivity contribution in [2.75, 3.05) is 114 Å². The molecule has 24 nitrogen and oxygen atoms in total. The number of carbonyl (C=O) groups excluding carboxylic acids is 3. The highest BCUT2D eigenvalue weighted by atomic mass is 35.5. The summed E-state index contributed by atoms with van der Waals surface area (Å²) < 4.78 is 26.0. The van der Waals surface area contributed by atoms with Crippen LogP contribution in [0.5, 0.6) is 11.6 Å². The number of nitrogens with two attached hydrogens (primary N) is 3. The molecule has 1 saturated heterocycles. The number of halogens is 2. The Morgan fingerprint density at radius 1 is 0.663 bits per heavy atom. The molecular weight excluding hydrogens is 1220 g/mol. The van der Waals surface area contributed by atoms with Crippen molar-refractivity contribution in [3.8, 4) is 44.5 Å².